The SMILES string of the molecule is CCC(CCO)C(=O)Nc1ccccc1. The molecule has 0 radical (unpaired) electrons. The second-order valence-corrected chi connectivity index (χ2v) is 3.47. The van der Waals surface area contributed by atoms with Crippen molar-refractivity contribution in [1.29, 1.82) is 0 Å². The molecule has 1 rings (SSSR count). The van der Waals surface area contributed by atoms with Crippen LogP contribution < -0.4 is 5.32 Å². The fraction of sp³-hybridized carbons (Fsp3) is 0.417. The smallest absolute Gasteiger partial charge is 0.227 e. The Hall–Kier alpha value is -1.35. The van der Waals surface area contributed by atoms with Crippen LogP contribution in [0.1, 0.15) is 19.8 Å². The highest BCUT2D eigenvalue weighted by Gasteiger charge is 2.15. The number of carbonyl (C=O) groups is 1. The lowest BCUT2D eigenvalue weighted by atomic mass is 10.0. The summed E-state index contributed by atoms with van der Waals surface area (Å²) in [6, 6.07) is 9.36. The van der Waals surface area contributed by atoms with Gasteiger partial charge in [0.05, 0.1) is 0 Å². The van der Waals surface area contributed by atoms with E-state index in [1.807, 2.05) is 37.3 Å². The van der Waals surface area contributed by atoms with Gasteiger partial charge in [-0.15, -0.1) is 0 Å². The van der Waals surface area contributed by atoms with Crippen molar-refractivity contribution in [2.24, 2.45) is 5.92 Å². The topological polar surface area (TPSA) is 49.3 Å². The van der Waals surface area contributed by atoms with Crippen LogP contribution in [-0.4, -0.2) is 17.6 Å². The maximum absolute atomic E-state index is 11.7. The largest absolute Gasteiger partial charge is 0.396 e. The van der Waals surface area contributed by atoms with Gasteiger partial charge in [-0.05, 0) is 25.0 Å². The van der Waals surface area contributed by atoms with Gasteiger partial charge in [-0.25, -0.2) is 0 Å². The van der Waals surface area contributed by atoms with Crippen LogP contribution in [0, 0.1) is 5.92 Å². The molecule has 1 aromatic rings. The van der Waals surface area contributed by atoms with Gasteiger partial charge in [0.2, 0.25) is 5.91 Å². The van der Waals surface area contributed by atoms with Gasteiger partial charge in [-0.2, -0.15) is 0 Å². The van der Waals surface area contributed by atoms with Crippen LogP contribution in [0.2, 0.25) is 0 Å². The summed E-state index contributed by atoms with van der Waals surface area (Å²) in [6.07, 6.45) is 1.27. The minimum Gasteiger partial charge on any atom is -0.396 e. The van der Waals surface area contributed by atoms with Crippen LogP contribution in [0.3, 0.4) is 0 Å². The Morgan fingerprint density at radius 2 is 2.07 bits per heavy atom. The Labute approximate surface area is 90.1 Å². The zero-order valence-electron chi connectivity index (χ0n) is 8.94. The van der Waals surface area contributed by atoms with Gasteiger partial charge in [-0.3, -0.25) is 4.79 Å². The molecule has 1 amide bonds. The van der Waals surface area contributed by atoms with Crippen LogP contribution in [-0.2, 0) is 4.79 Å². The molecule has 0 saturated carbocycles. The fourth-order valence-corrected chi connectivity index (χ4v) is 1.44. The molecule has 15 heavy (non-hydrogen) atoms. The van der Waals surface area contributed by atoms with Crippen LogP contribution in [0.25, 0.3) is 0 Å². The first-order chi connectivity index (χ1) is 7.27. The minimum atomic E-state index is -0.102. The molecular formula is C12H17NO2. The van der Waals surface area contributed by atoms with Crippen LogP contribution >= 0.6 is 0 Å². The molecule has 3 heteroatoms. The average molecular weight is 207 g/mol. The van der Waals surface area contributed by atoms with Crippen molar-refractivity contribution >= 4 is 11.6 Å². The van der Waals surface area contributed by atoms with Crippen molar-refractivity contribution in [3.63, 3.8) is 0 Å². The first-order valence-electron chi connectivity index (χ1n) is 5.24. The van der Waals surface area contributed by atoms with Gasteiger partial charge in [0.1, 0.15) is 0 Å². The third-order valence-corrected chi connectivity index (χ3v) is 2.38. The van der Waals surface area contributed by atoms with Crippen molar-refractivity contribution in [3.05, 3.63) is 30.3 Å². The highest BCUT2D eigenvalue weighted by Crippen LogP contribution is 2.12. The fourth-order valence-electron chi connectivity index (χ4n) is 1.44. The van der Waals surface area contributed by atoms with Crippen molar-refractivity contribution in [2.75, 3.05) is 11.9 Å². The van der Waals surface area contributed by atoms with E-state index in [0.29, 0.717) is 6.42 Å². The molecule has 0 bridgehead atoms. The maximum atomic E-state index is 11.7. The third-order valence-electron chi connectivity index (χ3n) is 2.38. The van der Waals surface area contributed by atoms with Gasteiger partial charge < -0.3 is 10.4 Å². The normalized spacial score (nSPS) is 12.1. The van der Waals surface area contributed by atoms with E-state index in [1.54, 1.807) is 0 Å². The van der Waals surface area contributed by atoms with Gasteiger partial charge in [0, 0.05) is 18.2 Å². The lowest BCUT2D eigenvalue weighted by Crippen LogP contribution is -2.23. The van der Waals surface area contributed by atoms with Gasteiger partial charge >= 0.3 is 0 Å². The van der Waals surface area contributed by atoms with Crippen molar-refractivity contribution in [1.82, 2.24) is 0 Å². The molecule has 0 saturated heterocycles. The Kier molecular flexibility index (Phi) is 4.84. The molecule has 1 unspecified atom stereocenters. The molecule has 0 heterocycles. The number of aliphatic hydroxyl groups excluding tert-OH is 1. The van der Waals surface area contributed by atoms with Crippen molar-refractivity contribution in [2.45, 2.75) is 19.8 Å². The summed E-state index contributed by atoms with van der Waals surface area (Å²) in [5, 5.41) is 11.6. The predicted octanol–water partition coefficient (Wildman–Crippen LogP) is 2.03. The van der Waals surface area contributed by atoms with E-state index in [2.05, 4.69) is 5.32 Å². The monoisotopic (exact) mass is 207 g/mol. The van der Waals surface area contributed by atoms with Gasteiger partial charge in [0.15, 0.2) is 0 Å². The Morgan fingerprint density at radius 3 is 2.60 bits per heavy atom. The minimum absolute atomic E-state index is 0.0160. The van der Waals surface area contributed by atoms with Crippen molar-refractivity contribution in [3.8, 4) is 0 Å². The van der Waals surface area contributed by atoms with Crippen LogP contribution in [0.4, 0.5) is 5.69 Å². The summed E-state index contributed by atoms with van der Waals surface area (Å²) in [5.74, 6) is -0.118. The average Bonchev–Trinajstić information content (AvgIpc) is 2.27. The number of amides is 1. The summed E-state index contributed by atoms with van der Waals surface area (Å²) in [5.41, 5.74) is 0.805. The van der Waals surface area contributed by atoms with Crippen molar-refractivity contribution < 1.29 is 9.90 Å². The molecule has 0 aliphatic rings. The summed E-state index contributed by atoms with van der Waals surface area (Å²) >= 11 is 0. The number of nitrogens with one attached hydrogen (secondary N) is 1. The van der Waals surface area contributed by atoms with Crippen LogP contribution in [0.15, 0.2) is 30.3 Å². The second-order valence-electron chi connectivity index (χ2n) is 3.47. The van der Waals surface area contributed by atoms with E-state index in [0.717, 1.165) is 12.1 Å². The molecule has 0 fully saturated rings. The molecule has 0 spiro atoms. The predicted molar refractivity (Wildman–Crippen MR) is 60.6 cm³/mol. The number of para-hydroxylation sites is 1. The quantitative estimate of drug-likeness (QED) is 0.776. The summed E-state index contributed by atoms with van der Waals surface area (Å²) in [4.78, 5) is 11.7. The number of hydrogen-bond donors (Lipinski definition) is 2. The number of carbonyl (C=O) groups excluding carboxylic acids is 1. The standard InChI is InChI=1S/C12H17NO2/c1-2-10(8-9-14)12(15)13-11-6-4-3-5-7-11/h3-7,10,14H,2,8-9H2,1H3,(H,13,15). The van der Waals surface area contributed by atoms with E-state index < -0.39 is 0 Å². The summed E-state index contributed by atoms with van der Waals surface area (Å²) in [6.45, 7) is 2.01. The summed E-state index contributed by atoms with van der Waals surface area (Å²) < 4.78 is 0. The molecule has 3 nitrogen and oxygen atoms in total. The number of hydrogen-bond acceptors (Lipinski definition) is 2. The molecule has 1 atom stereocenters. The van der Waals surface area contributed by atoms with E-state index >= 15 is 0 Å². The third kappa shape index (κ3) is 3.72. The Morgan fingerprint density at radius 1 is 1.40 bits per heavy atom. The van der Waals surface area contributed by atoms with E-state index in [-0.39, 0.29) is 18.4 Å². The molecule has 0 aliphatic carbocycles. The molecule has 0 aromatic heterocycles. The second kappa shape index (κ2) is 6.19. The van der Waals surface area contributed by atoms with E-state index in [4.69, 9.17) is 5.11 Å². The summed E-state index contributed by atoms with van der Waals surface area (Å²) in [7, 11) is 0. The lowest BCUT2D eigenvalue weighted by molar-refractivity contribution is -0.120. The number of anilines is 1. The highest BCUT2D eigenvalue weighted by atomic mass is 16.3. The molecule has 1 aromatic carbocycles. The Balaban J connectivity index is 2.54. The maximum Gasteiger partial charge on any atom is 0.227 e. The highest BCUT2D eigenvalue weighted by molar-refractivity contribution is 5.92. The van der Waals surface area contributed by atoms with E-state index in [9.17, 15) is 4.79 Å². The van der Waals surface area contributed by atoms with Gasteiger partial charge in [-0.1, -0.05) is 25.1 Å². The molecule has 2 N–H and O–H groups in total. The number of benzene rings is 1. The molecular weight excluding hydrogens is 190 g/mol. The zero-order valence-corrected chi connectivity index (χ0v) is 8.94. The first kappa shape index (κ1) is 11.7. The van der Waals surface area contributed by atoms with E-state index in [1.165, 1.54) is 0 Å². The van der Waals surface area contributed by atoms with Gasteiger partial charge in [0.25, 0.3) is 0 Å². The molecule has 82 valence electrons. The first-order valence-corrected chi connectivity index (χ1v) is 5.24. The number of rotatable bonds is 5. The Bertz CT molecular complexity index is 298. The number of aliphatic hydroxyl groups is 1. The zero-order chi connectivity index (χ0) is 11.1. The van der Waals surface area contributed by atoms with Crippen LogP contribution in [0.5, 0.6) is 0 Å². The molecule has 0 aliphatic heterocycles. The lowest BCUT2D eigenvalue weighted by Gasteiger charge is -2.13.